The molecule has 0 spiro atoms. The number of pyridine rings is 2. The maximum absolute atomic E-state index is 15.5. The van der Waals surface area contributed by atoms with E-state index in [1.807, 2.05) is 9.13 Å². The molecule has 4 unspecified atom stereocenters. The predicted molar refractivity (Wildman–Crippen MR) is 331 cm³/mol. The van der Waals surface area contributed by atoms with Crippen LogP contribution in [0.15, 0.2) is 109 Å². The molecule has 92 heavy (non-hydrogen) atoms. The van der Waals surface area contributed by atoms with Crippen molar-refractivity contribution in [1.82, 2.24) is 39.0 Å². The first-order chi connectivity index (χ1) is 44.8. The SMILES string of the molecule is O=C(O)c1ccc2nc(Cc3cc(F)c(-c4cccc(OCc5ncc(C#CC6CCOC6)s5)n4)cc3F)n(CC3CCO3)c2c1.O=C(O)c1ccc2nc(Cc3cc(F)c(-c4cccc(OCc5ncc(C#CC6CCOC6)s5)n4)cc3F)n(CC3CCO3)c2c1. The van der Waals surface area contributed by atoms with Gasteiger partial charge in [-0.15, -0.1) is 22.7 Å². The summed E-state index contributed by atoms with van der Waals surface area (Å²) in [5.41, 5.74) is 3.24. The monoisotopic (exact) mass is 1280 g/mol. The number of hydrogen-bond donors (Lipinski definition) is 2. The number of imidazole rings is 2. The maximum Gasteiger partial charge on any atom is 0.335 e. The van der Waals surface area contributed by atoms with Gasteiger partial charge in [-0.2, -0.15) is 0 Å². The van der Waals surface area contributed by atoms with Crippen LogP contribution in [0, 0.1) is 58.8 Å². The zero-order valence-corrected chi connectivity index (χ0v) is 50.7. The molecule has 468 valence electrons. The number of ether oxygens (including phenoxy) is 6. The molecular formula is C68H56F4N8O10S2. The number of halogens is 4. The van der Waals surface area contributed by atoms with Gasteiger partial charge in [0.1, 0.15) is 58.1 Å². The van der Waals surface area contributed by atoms with Crippen LogP contribution < -0.4 is 9.47 Å². The van der Waals surface area contributed by atoms with Crippen molar-refractivity contribution in [3.05, 3.63) is 186 Å². The van der Waals surface area contributed by atoms with Crippen molar-refractivity contribution in [1.29, 1.82) is 0 Å². The van der Waals surface area contributed by atoms with E-state index < -0.39 is 35.2 Å². The van der Waals surface area contributed by atoms with Crippen molar-refractivity contribution in [2.75, 3.05) is 39.6 Å². The molecule has 0 radical (unpaired) electrons. The Bertz CT molecular complexity index is 4260. The highest BCUT2D eigenvalue weighted by molar-refractivity contribution is 7.12. The van der Waals surface area contributed by atoms with Crippen molar-refractivity contribution in [3.8, 4) is 58.0 Å². The van der Waals surface area contributed by atoms with E-state index >= 15 is 17.6 Å². The van der Waals surface area contributed by atoms with E-state index in [1.165, 1.54) is 34.8 Å². The lowest BCUT2D eigenvalue weighted by Crippen LogP contribution is -2.31. The normalized spacial score (nSPS) is 17.4. The molecule has 18 nitrogen and oxygen atoms in total. The van der Waals surface area contributed by atoms with E-state index in [0.29, 0.717) is 73.2 Å². The summed E-state index contributed by atoms with van der Waals surface area (Å²) >= 11 is 2.85. The van der Waals surface area contributed by atoms with Gasteiger partial charge in [-0.1, -0.05) is 35.8 Å². The smallest absolute Gasteiger partial charge is 0.335 e. The highest BCUT2D eigenvalue weighted by atomic mass is 32.1. The summed E-state index contributed by atoms with van der Waals surface area (Å²) in [6.45, 7) is 5.27. The highest BCUT2D eigenvalue weighted by Crippen LogP contribution is 2.33. The van der Waals surface area contributed by atoms with Crippen LogP contribution in [-0.4, -0.2) is 113 Å². The first kappa shape index (κ1) is 61.5. The van der Waals surface area contributed by atoms with Crippen molar-refractivity contribution >= 4 is 56.7 Å². The first-order valence-corrected chi connectivity index (χ1v) is 31.3. The third-order valence-electron chi connectivity index (χ3n) is 15.9. The van der Waals surface area contributed by atoms with Gasteiger partial charge in [0.15, 0.2) is 0 Å². The van der Waals surface area contributed by atoms with Crippen LogP contribution in [0.1, 0.15) is 88.9 Å². The van der Waals surface area contributed by atoms with E-state index in [1.54, 1.807) is 73.1 Å². The Labute approximate surface area is 531 Å². The van der Waals surface area contributed by atoms with Gasteiger partial charge >= 0.3 is 11.9 Å². The minimum Gasteiger partial charge on any atom is -0.478 e. The number of aromatic nitrogens is 8. The van der Waals surface area contributed by atoms with E-state index in [2.05, 4.69) is 53.6 Å². The van der Waals surface area contributed by atoms with Gasteiger partial charge in [-0.25, -0.2) is 57.1 Å². The Morgan fingerprint density at radius 3 is 1.39 bits per heavy atom. The fourth-order valence-corrected chi connectivity index (χ4v) is 12.2. The summed E-state index contributed by atoms with van der Waals surface area (Å²) in [5, 5.41) is 20.4. The Kier molecular flexibility index (Phi) is 18.4. The van der Waals surface area contributed by atoms with Crippen LogP contribution >= 0.6 is 22.7 Å². The molecule has 4 aliphatic rings. The fourth-order valence-electron chi connectivity index (χ4n) is 10.8. The topological polar surface area (TPSA) is 217 Å². The van der Waals surface area contributed by atoms with Crippen LogP contribution in [0.4, 0.5) is 17.6 Å². The lowest BCUT2D eigenvalue weighted by molar-refractivity contribution is -0.0591. The van der Waals surface area contributed by atoms with Gasteiger partial charge in [0.25, 0.3) is 0 Å². The van der Waals surface area contributed by atoms with Crippen LogP contribution in [0.5, 0.6) is 11.8 Å². The molecule has 14 rings (SSSR count). The summed E-state index contributed by atoms with van der Waals surface area (Å²) in [4.78, 5) is 51.7. The quantitative estimate of drug-likeness (QED) is 0.0603. The Hall–Kier alpha value is -9.40. The zero-order valence-electron chi connectivity index (χ0n) is 49.1. The number of rotatable bonds is 18. The summed E-state index contributed by atoms with van der Waals surface area (Å²) in [6.07, 6.45) is 6.87. The summed E-state index contributed by atoms with van der Waals surface area (Å²) in [6, 6.07) is 23.6. The number of carboxylic acids is 2. The first-order valence-electron chi connectivity index (χ1n) is 29.7. The van der Waals surface area contributed by atoms with Crippen LogP contribution in [0.3, 0.4) is 0 Å². The maximum atomic E-state index is 15.5. The molecule has 0 amide bonds. The van der Waals surface area contributed by atoms with Gasteiger partial charge in [0.05, 0.1) is 105 Å². The number of carboxylic acid groups (broad SMARTS) is 2. The Morgan fingerprint density at radius 1 is 0.554 bits per heavy atom. The molecule has 0 aliphatic carbocycles. The standard InChI is InChI=1S/2C34H28F2N4O5S/c2*35-26-15-25(28-2-1-3-32(39-28)45-19-33-37-16-24(46-33)6-4-20-8-10-43-18-20)27(36)12-22(26)14-31-38-29-7-5-21(34(41)42)13-30(29)40(31)17-23-9-11-44-23/h2*1-3,5,7,12-13,15-16,20,23H,8-11,14,17-19H2,(H,41,42). The average Bonchev–Trinajstić information content (AvgIpc) is 1.61. The molecule has 4 fully saturated rings. The Balaban J connectivity index is 0.000000168. The van der Waals surface area contributed by atoms with Crippen molar-refractivity contribution in [3.63, 3.8) is 0 Å². The van der Waals surface area contributed by atoms with Gasteiger partial charge in [-0.05, 0) is 110 Å². The molecule has 2 N–H and O–H groups in total. The number of carbonyl (C=O) groups is 2. The molecule has 0 bridgehead atoms. The molecule has 10 heterocycles. The predicted octanol–water partition coefficient (Wildman–Crippen LogP) is 11.8. The lowest BCUT2D eigenvalue weighted by atomic mass is 10.0. The molecule has 0 saturated carbocycles. The van der Waals surface area contributed by atoms with Gasteiger partial charge < -0.3 is 47.8 Å². The summed E-state index contributed by atoms with van der Waals surface area (Å²) in [5.74, 6) is 10.0. The Morgan fingerprint density at radius 2 is 1.00 bits per heavy atom. The van der Waals surface area contributed by atoms with E-state index in [-0.39, 0.29) is 107 Å². The van der Waals surface area contributed by atoms with Crippen LogP contribution in [0.25, 0.3) is 44.6 Å². The van der Waals surface area contributed by atoms with Gasteiger partial charge in [-0.3, -0.25) is 0 Å². The molecule has 4 aliphatic heterocycles. The molecule has 6 aromatic heterocycles. The molecule has 4 aromatic carbocycles. The van der Waals surface area contributed by atoms with E-state index in [9.17, 15) is 19.8 Å². The van der Waals surface area contributed by atoms with Crippen molar-refractivity contribution in [2.24, 2.45) is 11.8 Å². The minimum absolute atomic E-state index is 0.00195. The van der Waals surface area contributed by atoms with Crippen molar-refractivity contribution < 1.29 is 65.8 Å². The number of benzene rings is 4. The number of hydrogen-bond acceptors (Lipinski definition) is 16. The molecule has 4 atom stereocenters. The summed E-state index contributed by atoms with van der Waals surface area (Å²) in [7, 11) is 0. The second-order valence-corrected chi connectivity index (χ2v) is 24.5. The number of nitrogens with zero attached hydrogens (tertiary/aromatic N) is 8. The van der Waals surface area contributed by atoms with E-state index in [0.717, 1.165) is 82.9 Å². The summed E-state index contributed by atoms with van der Waals surface area (Å²) < 4.78 is 99.3. The molecule has 24 heteroatoms. The number of thiazole rings is 2. The van der Waals surface area contributed by atoms with E-state index in [4.69, 9.17) is 28.4 Å². The third-order valence-corrected chi connectivity index (χ3v) is 17.7. The fraction of sp³-hybridized carbons (Fsp3) is 0.294. The average molecular weight is 1290 g/mol. The zero-order chi connectivity index (χ0) is 63.2. The van der Waals surface area contributed by atoms with Gasteiger partial charge in [0.2, 0.25) is 11.8 Å². The number of fused-ring (bicyclic) bond motifs is 2. The van der Waals surface area contributed by atoms with Crippen LogP contribution in [-0.2, 0) is 58.1 Å². The molecule has 4 saturated heterocycles. The van der Waals surface area contributed by atoms with Crippen molar-refractivity contribution in [2.45, 2.75) is 77.0 Å². The van der Waals surface area contributed by atoms with Crippen LogP contribution in [0.2, 0.25) is 0 Å². The van der Waals surface area contributed by atoms with Gasteiger partial charge in [0, 0.05) is 74.4 Å². The third kappa shape index (κ3) is 14.4. The molecular weight excluding hydrogens is 1230 g/mol. The second-order valence-electron chi connectivity index (χ2n) is 22.3. The minimum atomic E-state index is -1.06. The molecule has 10 aromatic rings. The highest BCUT2D eigenvalue weighted by Gasteiger charge is 2.27. The largest absolute Gasteiger partial charge is 0.478 e. The lowest BCUT2D eigenvalue weighted by Gasteiger charge is -2.27. The number of aromatic carboxylic acids is 2. The second kappa shape index (κ2) is 27.6.